The zero-order chi connectivity index (χ0) is 21.0. The Kier molecular flexibility index (Phi) is 4.25. The van der Waals surface area contributed by atoms with Crippen LogP contribution in [-0.4, -0.2) is 31.2 Å². The SMILES string of the molecule is COC1(c2noc(-c3ncn4c3c(=O)n(C(C)C)c3c(F)cccc34)n2)CCCC1. The summed E-state index contributed by atoms with van der Waals surface area (Å²) in [4.78, 5) is 22.3. The average Bonchev–Trinajstić information content (AvgIpc) is 3.47. The fourth-order valence-electron chi connectivity index (χ4n) is 4.51. The lowest BCUT2D eigenvalue weighted by molar-refractivity contribution is -0.0178. The standard InChI is InChI=1S/C21H22FN5O3/c1-12(2)27-16-13(22)7-6-8-14(16)26-11-23-15(17(26)19(27)28)18-24-20(25-30-18)21(29-3)9-4-5-10-21/h6-8,11-12H,4-5,9-10H2,1-3H3. The van der Waals surface area contributed by atoms with E-state index in [1.165, 1.54) is 17.0 Å². The fraction of sp³-hybridized carbons (Fsp3) is 0.429. The van der Waals surface area contributed by atoms with Crippen molar-refractivity contribution in [2.24, 2.45) is 0 Å². The molecule has 1 aromatic carbocycles. The van der Waals surface area contributed by atoms with E-state index >= 15 is 0 Å². The predicted molar refractivity (Wildman–Crippen MR) is 108 cm³/mol. The largest absolute Gasteiger partial charge is 0.370 e. The number of nitrogens with zero attached hydrogens (tertiary/aromatic N) is 5. The van der Waals surface area contributed by atoms with Gasteiger partial charge in [-0.15, -0.1) is 0 Å². The topological polar surface area (TPSA) is 87.5 Å². The van der Waals surface area contributed by atoms with E-state index in [0.717, 1.165) is 25.7 Å². The second-order valence-electron chi connectivity index (χ2n) is 8.02. The fourth-order valence-corrected chi connectivity index (χ4v) is 4.51. The van der Waals surface area contributed by atoms with Gasteiger partial charge in [0.2, 0.25) is 5.82 Å². The van der Waals surface area contributed by atoms with Crippen LogP contribution in [0.1, 0.15) is 51.4 Å². The Morgan fingerprint density at radius 2 is 2.00 bits per heavy atom. The van der Waals surface area contributed by atoms with E-state index in [1.54, 1.807) is 23.6 Å². The van der Waals surface area contributed by atoms with Gasteiger partial charge >= 0.3 is 0 Å². The molecular formula is C21H22FN5O3. The van der Waals surface area contributed by atoms with Crippen LogP contribution >= 0.6 is 0 Å². The van der Waals surface area contributed by atoms with Crippen LogP contribution in [0, 0.1) is 5.82 Å². The van der Waals surface area contributed by atoms with Gasteiger partial charge in [0.05, 0.1) is 5.52 Å². The molecule has 0 radical (unpaired) electrons. The summed E-state index contributed by atoms with van der Waals surface area (Å²) in [6.45, 7) is 3.68. The molecule has 9 heteroatoms. The number of ether oxygens (including phenoxy) is 1. The Morgan fingerprint density at radius 3 is 2.70 bits per heavy atom. The van der Waals surface area contributed by atoms with Crippen LogP contribution in [0.2, 0.25) is 0 Å². The molecule has 3 heterocycles. The zero-order valence-electron chi connectivity index (χ0n) is 17.1. The van der Waals surface area contributed by atoms with Crippen LogP contribution in [-0.2, 0) is 10.3 Å². The summed E-state index contributed by atoms with van der Waals surface area (Å²) in [5, 5.41) is 4.14. The van der Waals surface area contributed by atoms with Gasteiger partial charge in [-0.3, -0.25) is 13.8 Å². The number of methoxy groups -OCH3 is 1. The number of imidazole rings is 1. The number of fused-ring (bicyclic) bond motifs is 3. The zero-order valence-corrected chi connectivity index (χ0v) is 17.1. The summed E-state index contributed by atoms with van der Waals surface area (Å²) in [6.07, 6.45) is 5.18. The number of aromatic nitrogens is 5. The molecule has 0 N–H and O–H groups in total. The van der Waals surface area contributed by atoms with Gasteiger partial charge in [0.25, 0.3) is 11.4 Å². The van der Waals surface area contributed by atoms with Gasteiger partial charge in [-0.1, -0.05) is 11.2 Å². The van der Waals surface area contributed by atoms with E-state index in [0.29, 0.717) is 11.3 Å². The highest BCUT2D eigenvalue weighted by Crippen LogP contribution is 2.40. The Balaban J connectivity index is 1.77. The molecule has 0 atom stereocenters. The van der Waals surface area contributed by atoms with Gasteiger partial charge in [0.15, 0.2) is 5.69 Å². The van der Waals surface area contributed by atoms with Crippen LogP contribution in [0.5, 0.6) is 0 Å². The normalized spacial score (nSPS) is 16.3. The maximum absolute atomic E-state index is 14.7. The minimum absolute atomic E-state index is 0.152. The van der Waals surface area contributed by atoms with Gasteiger partial charge in [0.1, 0.15) is 28.8 Å². The molecule has 5 rings (SSSR count). The molecule has 3 aromatic heterocycles. The second kappa shape index (κ2) is 6.73. The van der Waals surface area contributed by atoms with Crippen molar-refractivity contribution < 1.29 is 13.7 Å². The molecule has 0 saturated heterocycles. The van der Waals surface area contributed by atoms with Gasteiger partial charge < -0.3 is 9.26 Å². The molecule has 30 heavy (non-hydrogen) atoms. The van der Waals surface area contributed by atoms with Crippen LogP contribution in [0.4, 0.5) is 4.39 Å². The van der Waals surface area contributed by atoms with Crippen molar-refractivity contribution in [1.29, 1.82) is 0 Å². The van der Waals surface area contributed by atoms with Gasteiger partial charge in [0, 0.05) is 13.2 Å². The Labute approximate surface area is 171 Å². The molecule has 156 valence electrons. The first-order valence-corrected chi connectivity index (χ1v) is 10.1. The Bertz CT molecular complexity index is 1310. The number of rotatable bonds is 4. The van der Waals surface area contributed by atoms with Crippen molar-refractivity contribution in [3.8, 4) is 11.6 Å². The number of halogens is 1. The summed E-state index contributed by atoms with van der Waals surface area (Å²) < 4.78 is 28.9. The minimum atomic E-state index is -0.564. The highest BCUT2D eigenvalue weighted by molar-refractivity contribution is 5.83. The number of hydrogen-bond acceptors (Lipinski definition) is 6. The molecule has 8 nitrogen and oxygen atoms in total. The Morgan fingerprint density at radius 1 is 1.23 bits per heavy atom. The van der Waals surface area contributed by atoms with Crippen LogP contribution < -0.4 is 5.56 Å². The van der Waals surface area contributed by atoms with E-state index in [-0.39, 0.29) is 34.2 Å². The third kappa shape index (κ3) is 2.54. The maximum Gasteiger partial charge on any atom is 0.279 e. The highest BCUT2D eigenvalue weighted by Gasteiger charge is 2.40. The third-order valence-electron chi connectivity index (χ3n) is 6.01. The summed E-state index contributed by atoms with van der Waals surface area (Å²) in [7, 11) is 1.65. The van der Waals surface area contributed by atoms with Crippen molar-refractivity contribution in [1.82, 2.24) is 24.1 Å². The van der Waals surface area contributed by atoms with E-state index < -0.39 is 11.4 Å². The molecule has 4 aromatic rings. The van der Waals surface area contributed by atoms with E-state index in [2.05, 4.69) is 15.1 Å². The first kappa shape index (κ1) is 18.9. The molecule has 0 bridgehead atoms. The molecule has 1 aliphatic rings. The Hall–Kier alpha value is -3.07. The molecule has 0 aliphatic heterocycles. The van der Waals surface area contributed by atoms with E-state index in [1.807, 2.05) is 13.8 Å². The van der Waals surface area contributed by atoms with Crippen molar-refractivity contribution >= 4 is 16.6 Å². The maximum atomic E-state index is 14.7. The lowest BCUT2D eigenvalue weighted by Gasteiger charge is -2.22. The van der Waals surface area contributed by atoms with Crippen molar-refractivity contribution in [2.75, 3.05) is 7.11 Å². The summed E-state index contributed by atoms with van der Waals surface area (Å²) in [5.41, 5.74) is 0.409. The minimum Gasteiger partial charge on any atom is -0.370 e. The van der Waals surface area contributed by atoms with Crippen LogP contribution in [0.15, 0.2) is 33.8 Å². The number of para-hydroxylation sites is 1. The molecule has 1 fully saturated rings. The monoisotopic (exact) mass is 411 g/mol. The summed E-state index contributed by atoms with van der Waals surface area (Å²) in [6, 6.07) is 4.46. The quantitative estimate of drug-likeness (QED) is 0.507. The van der Waals surface area contributed by atoms with Gasteiger partial charge in [-0.25, -0.2) is 9.37 Å². The first-order chi connectivity index (χ1) is 14.5. The lowest BCUT2D eigenvalue weighted by Crippen LogP contribution is -2.26. The highest BCUT2D eigenvalue weighted by atomic mass is 19.1. The summed E-state index contributed by atoms with van der Waals surface area (Å²) in [5.74, 6) is 0.160. The number of benzene rings is 1. The van der Waals surface area contributed by atoms with E-state index in [4.69, 9.17) is 9.26 Å². The van der Waals surface area contributed by atoms with Crippen molar-refractivity contribution in [2.45, 2.75) is 51.2 Å². The van der Waals surface area contributed by atoms with Gasteiger partial charge in [-0.05, 0) is 51.7 Å². The first-order valence-electron chi connectivity index (χ1n) is 10.1. The second-order valence-corrected chi connectivity index (χ2v) is 8.02. The van der Waals surface area contributed by atoms with Crippen LogP contribution in [0.3, 0.4) is 0 Å². The smallest absolute Gasteiger partial charge is 0.279 e. The molecule has 1 aliphatic carbocycles. The molecule has 0 unspecified atom stereocenters. The number of hydrogen-bond donors (Lipinski definition) is 0. The molecule has 1 saturated carbocycles. The summed E-state index contributed by atoms with van der Waals surface area (Å²) >= 11 is 0. The molecule has 0 amide bonds. The average molecular weight is 411 g/mol. The van der Waals surface area contributed by atoms with Crippen molar-refractivity contribution in [3.63, 3.8) is 0 Å². The van der Waals surface area contributed by atoms with E-state index in [9.17, 15) is 9.18 Å². The molecular weight excluding hydrogens is 389 g/mol. The molecule has 0 spiro atoms. The van der Waals surface area contributed by atoms with Crippen molar-refractivity contribution in [3.05, 3.63) is 46.5 Å². The van der Waals surface area contributed by atoms with Gasteiger partial charge in [-0.2, -0.15) is 4.98 Å². The van der Waals surface area contributed by atoms with Crippen LogP contribution in [0.25, 0.3) is 28.1 Å². The third-order valence-corrected chi connectivity index (χ3v) is 6.01. The lowest BCUT2D eigenvalue weighted by atomic mass is 10.0. The predicted octanol–water partition coefficient (Wildman–Crippen LogP) is 3.83.